The summed E-state index contributed by atoms with van der Waals surface area (Å²) in [7, 11) is 0.924. The molecule has 0 unspecified atom stereocenters. The molecule has 1 heterocycles. The first-order chi connectivity index (χ1) is 8.68. The maximum absolute atomic E-state index is 13.4. The highest BCUT2D eigenvalue weighted by Crippen LogP contribution is 2.36. The summed E-state index contributed by atoms with van der Waals surface area (Å²) in [5.41, 5.74) is -4.40. The maximum atomic E-state index is 13.4. The van der Waals surface area contributed by atoms with Crippen LogP contribution in [0.25, 0.3) is 0 Å². The first kappa shape index (κ1) is 15.3. The summed E-state index contributed by atoms with van der Waals surface area (Å²) in [6, 6.07) is 0. The molecule has 0 N–H and O–H groups in total. The van der Waals surface area contributed by atoms with Gasteiger partial charge in [-0.05, 0) is 5.56 Å². The van der Waals surface area contributed by atoms with Crippen molar-refractivity contribution in [2.75, 3.05) is 7.11 Å². The Labute approximate surface area is 103 Å². The average molecular weight is 287 g/mol. The molecule has 1 aromatic rings. The molecule has 0 aliphatic heterocycles. The van der Waals surface area contributed by atoms with Gasteiger partial charge in [-0.1, -0.05) is 0 Å². The van der Waals surface area contributed by atoms with E-state index in [0.717, 1.165) is 7.11 Å². The van der Waals surface area contributed by atoms with Crippen molar-refractivity contribution in [1.82, 2.24) is 4.98 Å². The van der Waals surface area contributed by atoms with E-state index in [1.54, 1.807) is 0 Å². The van der Waals surface area contributed by atoms with Crippen LogP contribution in [0, 0.1) is 5.82 Å². The number of carbonyl (C=O) groups excluding carboxylic acids is 1. The van der Waals surface area contributed by atoms with Gasteiger partial charge in [-0.2, -0.15) is 13.2 Å². The van der Waals surface area contributed by atoms with Crippen molar-refractivity contribution in [3.63, 3.8) is 0 Å². The Morgan fingerprint density at radius 1 is 1.42 bits per heavy atom. The molecule has 106 valence electrons. The molecule has 0 spiro atoms. The molecule has 3 nitrogen and oxygen atoms in total. The summed E-state index contributed by atoms with van der Waals surface area (Å²) in [4.78, 5) is 13.8. The molecule has 0 fully saturated rings. The van der Waals surface area contributed by atoms with Gasteiger partial charge in [-0.25, -0.2) is 13.2 Å². The van der Waals surface area contributed by atoms with E-state index in [1.165, 1.54) is 0 Å². The van der Waals surface area contributed by atoms with Gasteiger partial charge >= 0.3 is 12.1 Å². The first-order valence-electron chi connectivity index (χ1n) is 4.78. The lowest BCUT2D eigenvalue weighted by Gasteiger charge is -2.14. The van der Waals surface area contributed by atoms with Crippen LogP contribution in [0.2, 0.25) is 0 Å². The number of halogens is 6. The minimum atomic E-state index is -5.22. The molecule has 0 bridgehead atoms. The largest absolute Gasteiger partial charge is 0.469 e. The highest BCUT2D eigenvalue weighted by atomic mass is 19.4. The topological polar surface area (TPSA) is 39.2 Å². The summed E-state index contributed by atoms with van der Waals surface area (Å²) >= 11 is 0. The molecule has 0 aliphatic rings. The molecule has 0 amide bonds. The lowest BCUT2D eigenvalue weighted by molar-refractivity contribution is -0.142. The van der Waals surface area contributed by atoms with E-state index in [1.807, 2.05) is 0 Å². The second kappa shape index (κ2) is 5.45. The van der Waals surface area contributed by atoms with Crippen molar-refractivity contribution in [3.05, 3.63) is 28.8 Å². The van der Waals surface area contributed by atoms with Crippen LogP contribution in [0.1, 0.15) is 23.2 Å². The summed E-state index contributed by atoms with van der Waals surface area (Å²) in [6.07, 6.45) is -9.24. The van der Waals surface area contributed by atoms with E-state index in [0.29, 0.717) is 6.20 Å². The number of carbonyl (C=O) groups is 1. The molecule has 0 radical (unpaired) electrons. The maximum Gasteiger partial charge on any atom is 0.419 e. The summed E-state index contributed by atoms with van der Waals surface area (Å²) in [5, 5.41) is 0. The Balaban J connectivity index is 3.40. The minimum Gasteiger partial charge on any atom is -0.469 e. The highest BCUT2D eigenvalue weighted by Gasteiger charge is 2.40. The smallest absolute Gasteiger partial charge is 0.419 e. The van der Waals surface area contributed by atoms with Crippen LogP contribution in [0.4, 0.5) is 26.3 Å². The number of alkyl halides is 5. The fourth-order valence-corrected chi connectivity index (χ4v) is 1.36. The normalized spacial score (nSPS) is 11.8. The molecule has 0 saturated heterocycles. The Bertz CT molecular complexity index is 486. The van der Waals surface area contributed by atoms with Gasteiger partial charge in [0.05, 0.1) is 19.1 Å². The third-order valence-electron chi connectivity index (χ3n) is 2.18. The van der Waals surface area contributed by atoms with Crippen molar-refractivity contribution in [3.8, 4) is 0 Å². The standard InChI is InChI=1S/C10H7F6NO2/c1-19-5(18)2-4-3-17-8(9(12)13)7(11)6(4)10(14,15)16/h3,9H,2H2,1H3. The molecule has 0 aliphatic carbocycles. The lowest BCUT2D eigenvalue weighted by atomic mass is 10.0. The van der Waals surface area contributed by atoms with Gasteiger partial charge in [-0.3, -0.25) is 9.78 Å². The van der Waals surface area contributed by atoms with Crippen LogP contribution in [-0.4, -0.2) is 18.1 Å². The number of methoxy groups -OCH3 is 1. The van der Waals surface area contributed by atoms with Gasteiger partial charge in [0.1, 0.15) is 5.69 Å². The lowest BCUT2D eigenvalue weighted by Crippen LogP contribution is -2.18. The second-order valence-corrected chi connectivity index (χ2v) is 3.41. The molecular weight excluding hydrogens is 280 g/mol. The number of pyridine rings is 1. The number of hydrogen-bond acceptors (Lipinski definition) is 3. The van der Waals surface area contributed by atoms with Gasteiger partial charge in [0.25, 0.3) is 6.43 Å². The van der Waals surface area contributed by atoms with Gasteiger partial charge in [0, 0.05) is 6.20 Å². The van der Waals surface area contributed by atoms with Crippen molar-refractivity contribution < 1.29 is 35.9 Å². The summed E-state index contributed by atoms with van der Waals surface area (Å²) < 4.78 is 80.1. The van der Waals surface area contributed by atoms with Crippen molar-refractivity contribution in [2.45, 2.75) is 19.0 Å². The van der Waals surface area contributed by atoms with Crippen molar-refractivity contribution in [2.24, 2.45) is 0 Å². The Morgan fingerprint density at radius 3 is 2.42 bits per heavy atom. The van der Waals surface area contributed by atoms with Crippen LogP contribution < -0.4 is 0 Å². The fraction of sp³-hybridized carbons (Fsp3) is 0.400. The van der Waals surface area contributed by atoms with Crippen LogP contribution in [0.5, 0.6) is 0 Å². The van der Waals surface area contributed by atoms with Crippen LogP contribution in [-0.2, 0) is 22.1 Å². The van der Waals surface area contributed by atoms with Gasteiger partial charge in [-0.15, -0.1) is 0 Å². The second-order valence-electron chi connectivity index (χ2n) is 3.41. The van der Waals surface area contributed by atoms with Crippen molar-refractivity contribution >= 4 is 5.97 Å². The number of aromatic nitrogens is 1. The molecule has 19 heavy (non-hydrogen) atoms. The highest BCUT2D eigenvalue weighted by molar-refractivity contribution is 5.72. The van der Waals surface area contributed by atoms with E-state index in [4.69, 9.17) is 0 Å². The fourth-order valence-electron chi connectivity index (χ4n) is 1.36. The minimum absolute atomic E-state index is 0.393. The number of esters is 1. The molecular formula is C10H7F6NO2. The van der Waals surface area contributed by atoms with E-state index in [-0.39, 0.29) is 0 Å². The van der Waals surface area contributed by atoms with E-state index in [9.17, 15) is 31.1 Å². The Kier molecular flexibility index (Phi) is 4.38. The molecule has 0 atom stereocenters. The van der Waals surface area contributed by atoms with E-state index < -0.39 is 47.6 Å². The molecule has 0 saturated carbocycles. The van der Waals surface area contributed by atoms with Gasteiger partial charge < -0.3 is 4.74 Å². The number of nitrogens with zero attached hydrogens (tertiary/aromatic N) is 1. The summed E-state index contributed by atoms with van der Waals surface area (Å²) in [6.45, 7) is 0. The monoisotopic (exact) mass is 287 g/mol. The third kappa shape index (κ3) is 3.36. The van der Waals surface area contributed by atoms with Gasteiger partial charge in [0.2, 0.25) is 0 Å². The van der Waals surface area contributed by atoms with Crippen LogP contribution >= 0.6 is 0 Å². The molecule has 0 aromatic carbocycles. The van der Waals surface area contributed by atoms with Crippen molar-refractivity contribution in [1.29, 1.82) is 0 Å². The first-order valence-corrected chi connectivity index (χ1v) is 4.78. The van der Waals surface area contributed by atoms with Crippen LogP contribution in [0.15, 0.2) is 6.20 Å². The number of hydrogen-bond donors (Lipinski definition) is 0. The molecule has 1 aromatic heterocycles. The zero-order valence-corrected chi connectivity index (χ0v) is 9.39. The van der Waals surface area contributed by atoms with E-state index in [2.05, 4.69) is 9.72 Å². The number of rotatable bonds is 3. The van der Waals surface area contributed by atoms with Crippen LogP contribution in [0.3, 0.4) is 0 Å². The number of ether oxygens (including phenoxy) is 1. The predicted octanol–water partition coefficient (Wildman–Crippen LogP) is 2.89. The molecule has 9 heteroatoms. The zero-order valence-electron chi connectivity index (χ0n) is 9.39. The summed E-state index contributed by atoms with van der Waals surface area (Å²) in [5.74, 6) is -3.25. The zero-order chi connectivity index (χ0) is 14.8. The van der Waals surface area contributed by atoms with Gasteiger partial charge in [0.15, 0.2) is 5.82 Å². The van der Waals surface area contributed by atoms with E-state index >= 15 is 0 Å². The average Bonchev–Trinajstić information content (AvgIpc) is 2.26. The Morgan fingerprint density at radius 2 is 2.00 bits per heavy atom. The third-order valence-corrected chi connectivity index (χ3v) is 2.18. The SMILES string of the molecule is COC(=O)Cc1cnc(C(F)F)c(F)c1C(F)(F)F. The predicted molar refractivity (Wildman–Crippen MR) is 49.9 cm³/mol. The quantitative estimate of drug-likeness (QED) is 0.634. The Hall–Kier alpha value is -1.80. The molecule has 1 rings (SSSR count).